The molecule has 1 N–H and O–H groups in total. The van der Waals surface area contributed by atoms with Crippen LogP contribution in [0.4, 0.5) is 8.78 Å². The summed E-state index contributed by atoms with van der Waals surface area (Å²) in [6.07, 6.45) is 6.70. The van der Waals surface area contributed by atoms with E-state index < -0.39 is 0 Å². The van der Waals surface area contributed by atoms with E-state index >= 15 is 0 Å². The monoisotopic (exact) mass is 251 g/mol. The molecule has 0 heterocycles. The molecule has 3 heteroatoms. The van der Waals surface area contributed by atoms with E-state index in [9.17, 15) is 8.78 Å². The summed E-state index contributed by atoms with van der Waals surface area (Å²) in [4.78, 5) is 0. The summed E-state index contributed by atoms with van der Waals surface area (Å²) in [5, 5.41) is 3.22. The molecule has 0 saturated carbocycles. The standard InChI is InChI=1S/C15H19F2N/c1-5-7-12(6-2)18-11(4)13-9-14(16)10(3)8-15(13)17/h1,8-9,11-12,18H,6-7H2,2-4H3. The molecule has 0 bridgehead atoms. The maximum absolute atomic E-state index is 13.8. The van der Waals surface area contributed by atoms with Gasteiger partial charge >= 0.3 is 0 Å². The predicted octanol–water partition coefficient (Wildman–Crippen LogP) is 3.73. The number of terminal acetylenes is 1. The van der Waals surface area contributed by atoms with Gasteiger partial charge in [-0.05, 0) is 38.0 Å². The molecule has 98 valence electrons. The molecule has 0 aliphatic rings. The van der Waals surface area contributed by atoms with Crippen molar-refractivity contribution in [2.45, 2.75) is 45.7 Å². The van der Waals surface area contributed by atoms with Crippen molar-refractivity contribution in [1.29, 1.82) is 0 Å². The van der Waals surface area contributed by atoms with E-state index in [2.05, 4.69) is 11.2 Å². The zero-order chi connectivity index (χ0) is 13.7. The second-order valence-corrected chi connectivity index (χ2v) is 4.52. The van der Waals surface area contributed by atoms with Gasteiger partial charge in [-0.2, -0.15) is 0 Å². The molecule has 1 rings (SSSR count). The van der Waals surface area contributed by atoms with E-state index in [1.54, 1.807) is 6.92 Å². The van der Waals surface area contributed by atoms with Gasteiger partial charge in [0.2, 0.25) is 0 Å². The van der Waals surface area contributed by atoms with Crippen molar-refractivity contribution in [2.24, 2.45) is 0 Å². The van der Waals surface area contributed by atoms with Gasteiger partial charge in [0.05, 0.1) is 0 Å². The average Bonchev–Trinajstić information content (AvgIpc) is 2.33. The first kappa shape index (κ1) is 14.7. The van der Waals surface area contributed by atoms with E-state index in [4.69, 9.17) is 6.42 Å². The Kier molecular flexibility index (Phi) is 5.30. The van der Waals surface area contributed by atoms with Gasteiger partial charge < -0.3 is 5.32 Å². The molecule has 1 aromatic rings. The Labute approximate surface area is 108 Å². The Bertz CT molecular complexity index is 449. The smallest absolute Gasteiger partial charge is 0.128 e. The highest BCUT2D eigenvalue weighted by Gasteiger charge is 2.16. The molecule has 2 atom stereocenters. The zero-order valence-corrected chi connectivity index (χ0v) is 11.1. The number of hydrogen-bond acceptors (Lipinski definition) is 1. The molecule has 0 spiro atoms. The Morgan fingerprint density at radius 3 is 2.56 bits per heavy atom. The second kappa shape index (κ2) is 6.51. The fourth-order valence-corrected chi connectivity index (χ4v) is 1.90. The summed E-state index contributed by atoms with van der Waals surface area (Å²) in [5.41, 5.74) is 0.660. The first-order valence-corrected chi connectivity index (χ1v) is 6.14. The molecule has 0 aliphatic heterocycles. The third-order valence-corrected chi connectivity index (χ3v) is 3.09. The lowest BCUT2D eigenvalue weighted by Crippen LogP contribution is -2.31. The van der Waals surface area contributed by atoms with Crippen molar-refractivity contribution in [3.63, 3.8) is 0 Å². The van der Waals surface area contributed by atoms with E-state index in [1.807, 2.05) is 13.8 Å². The van der Waals surface area contributed by atoms with Gasteiger partial charge in [0.25, 0.3) is 0 Å². The van der Waals surface area contributed by atoms with Crippen LogP contribution in [-0.4, -0.2) is 6.04 Å². The van der Waals surface area contributed by atoms with Crippen molar-refractivity contribution < 1.29 is 8.78 Å². The highest BCUT2D eigenvalue weighted by Crippen LogP contribution is 2.21. The van der Waals surface area contributed by atoms with Gasteiger partial charge in [-0.25, -0.2) is 8.78 Å². The Hall–Kier alpha value is -1.40. The SMILES string of the molecule is C#CCC(CC)NC(C)c1cc(F)c(C)cc1F. The number of aryl methyl sites for hydroxylation is 1. The zero-order valence-electron chi connectivity index (χ0n) is 11.1. The van der Waals surface area contributed by atoms with Gasteiger partial charge in [-0.15, -0.1) is 12.3 Å². The number of halogens is 2. The van der Waals surface area contributed by atoms with Crippen LogP contribution in [0.15, 0.2) is 12.1 Å². The molecule has 1 aromatic carbocycles. The highest BCUT2D eigenvalue weighted by atomic mass is 19.1. The molecule has 2 unspecified atom stereocenters. The van der Waals surface area contributed by atoms with Gasteiger partial charge in [-0.3, -0.25) is 0 Å². The van der Waals surface area contributed by atoms with Crippen molar-refractivity contribution in [2.75, 3.05) is 0 Å². The molecule has 0 saturated heterocycles. The Balaban J connectivity index is 2.87. The number of nitrogens with one attached hydrogen (secondary N) is 1. The Morgan fingerprint density at radius 2 is 2.00 bits per heavy atom. The van der Waals surface area contributed by atoms with Crippen LogP contribution in [0.1, 0.15) is 43.9 Å². The summed E-state index contributed by atoms with van der Waals surface area (Å²) < 4.78 is 27.2. The minimum absolute atomic E-state index is 0.119. The van der Waals surface area contributed by atoms with Gasteiger partial charge in [0, 0.05) is 24.1 Å². The van der Waals surface area contributed by atoms with Crippen LogP contribution in [0.2, 0.25) is 0 Å². The van der Waals surface area contributed by atoms with Crippen LogP contribution >= 0.6 is 0 Å². The minimum Gasteiger partial charge on any atom is -0.306 e. The van der Waals surface area contributed by atoms with Crippen LogP contribution in [0, 0.1) is 30.9 Å². The largest absolute Gasteiger partial charge is 0.306 e. The molecule has 0 aromatic heterocycles. The van der Waals surface area contributed by atoms with E-state index in [1.165, 1.54) is 12.1 Å². The number of rotatable bonds is 5. The average molecular weight is 251 g/mol. The summed E-state index contributed by atoms with van der Waals surface area (Å²) >= 11 is 0. The van der Waals surface area contributed by atoms with E-state index in [0.717, 1.165) is 6.42 Å². The molecular weight excluding hydrogens is 232 g/mol. The highest BCUT2D eigenvalue weighted by molar-refractivity contribution is 5.27. The normalized spacial score (nSPS) is 14.0. The number of benzene rings is 1. The van der Waals surface area contributed by atoms with Crippen molar-refractivity contribution in [1.82, 2.24) is 5.32 Å². The second-order valence-electron chi connectivity index (χ2n) is 4.52. The van der Waals surface area contributed by atoms with E-state index in [-0.39, 0.29) is 23.7 Å². The van der Waals surface area contributed by atoms with Gasteiger partial charge in [0.1, 0.15) is 11.6 Å². The molecule has 0 aliphatic carbocycles. The summed E-state index contributed by atoms with van der Waals surface area (Å²) in [5.74, 6) is 1.81. The fraction of sp³-hybridized carbons (Fsp3) is 0.467. The molecule has 1 nitrogen and oxygen atoms in total. The Morgan fingerprint density at radius 1 is 1.33 bits per heavy atom. The third kappa shape index (κ3) is 3.54. The van der Waals surface area contributed by atoms with Crippen molar-refractivity contribution in [3.8, 4) is 12.3 Å². The van der Waals surface area contributed by atoms with Crippen LogP contribution in [0.3, 0.4) is 0 Å². The molecular formula is C15H19F2N. The van der Waals surface area contributed by atoms with Crippen molar-refractivity contribution in [3.05, 3.63) is 34.9 Å². The van der Waals surface area contributed by atoms with Gasteiger partial charge in [0.15, 0.2) is 0 Å². The van der Waals surface area contributed by atoms with Crippen LogP contribution in [0.5, 0.6) is 0 Å². The summed E-state index contributed by atoms with van der Waals surface area (Å²) in [7, 11) is 0. The fourth-order valence-electron chi connectivity index (χ4n) is 1.90. The van der Waals surface area contributed by atoms with Gasteiger partial charge in [-0.1, -0.05) is 6.92 Å². The lowest BCUT2D eigenvalue weighted by atomic mass is 10.0. The van der Waals surface area contributed by atoms with Crippen molar-refractivity contribution >= 4 is 0 Å². The lowest BCUT2D eigenvalue weighted by Gasteiger charge is -2.21. The first-order valence-electron chi connectivity index (χ1n) is 6.14. The molecule has 0 fully saturated rings. The number of hydrogen-bond donors (Lipinski definition) is 1. The quantitative estimate of drug-likeness (QED) is 0.786. The molecule has 0 amide bonds. The maximum atomic E-state index is 13.8. The van der Waals surface area contributed by atoms with Crippen LogP contribution in [-0.2, 0) is 0 Å². The lowest BCUT2D eigenvalue weighted by molar-refractivity contribution is 0.434. The van der Waals surface area contributed by atoms with Crippen LogP contribution < -0.4 is 5.32 Å². The van der Waals surface area contributed by atoms with Crippen LogP contribution in [0.25, 0.3) is 0 Å². The predicted molar refractivity (Wildman–Crippen MR) is 70.2 cm³/mol. The topological polar surface area (TPSA) is 12.0 Å². The molecule has 18 heavy (non-hydrogen) atoms. The minimum atomic E-state index is -0.385. The maximum Gasteiger partial charge on any atom is 0.128 e. The summed E-state index contributed by atoms with van der Waals surface area (Å²) in [6.45, 7) is 5.37. The molecule has 0 radical (unpaired) electrons. The third-order valence-electron chi connectivity index (χ3n) is 3.09. The van der Waals surface area contributed by atoms with E-state index in [0.29, 0.717) is 17.5 Å². The first-order chi connectivity index (χ1) is 8.49. The summed E-state index contributed by atoms with van der Waals surface area (Å²) in [6, 6.07) is 2.34.